The van der Waals surface area contributed by atoms with E-state index in [2.05, 4.69) is 0 Å². The molecular formula is C13H8Cl3NO2S. The molecule has 0 aromatic heterocycles. The van der Waals surface area contributed by atoms with Gasteiger partial charge < -0.3 is 10.8 Å². The molecule has 0 spiro atoms. The number of hydrogen-bond donors (Lipinski definition) is 2. The molecule has 0 amide bonds. The molecule has 2 rings (SSSR count). The summed E-state index contributed by atoms with van der Waals surface area (Å²) in [6.45, 7) is 0. The highest BCUT2D eigenvalue weighted by molar-refractivity contribution is 7.99. The number of nitrogens with two attached hydrogens (primary N) is 1. The van der Waals surface area contributed by atoms with Crippen LogP contribution in [-0.4, -0.2) is 11.1 Å². The average Bonchev–Trinajstić information content (AvgIpc) is 2.36. The van der Waals surface area contributed by atoms with E-state index >= 15 is 0 Å². The first kappa shape index (κ1) is 15.3. The summed E-state index contributed by atoms with van der Waals surface area (Å²) in [4.78, 5) is 12.4. The Kier molecular flexibility index (Phi) is 4.70. The van der Waals surface area contributed by atoms with Crippen molar-refractivity contribution in [3.63, 3.8) is 0 Å². The summed E-state index contributed by atoms with van der Waals surface area (Å²) in [5.41, 5.74) is 5.95. The second kappa shape index (κ2) is 6.14. The fraction of sp³-hybridized carbons (Fsp3) is 0. The highest BCUT2D eigenvalue weighted by Crippen LogP contribution is 2.39. The van der Waals surface area contributed by atoms with Gasteiger partial charge in [-0.3, -0.25) is 0 Å². The van der Waals surface area contributed by atoms with Gasteiger partial charge in [0, 0.05) is 15.5 Å². The molecule has 0 aliphatic heterocycles. The lowest BCUT2D eigenvalue weighted by Gasteiger charge is -2.10. The highest BCUT2D eigenvalue weighted by Gasteiger charge is 2.16. The predicted octanol–water partition coefficient (Wildman–Crippen LogP) is 5.08. The maximum atomic E-state index is 11.3. The molecule has 0 unspecified atom stereocenters. The molecule has 0 fully saturated rings. The van der Waals surface area contributed by atoms with Crippen LogP contribution in [0.3, 0.4) is 0 Å². The summed E-state index contributed by atoms with van der Waals surface area (Å²) in [5, 5.41) is 10.3. The fourth-order valence-corrected chi connectivity index (χ4v) is 3.20. The zero-order chi connectivity index (χ0) is 14.9. The van der Waals surface area contributed by atoms with Crippen LogP contribution in [0.15, 0.2) is 40.1 Å². The number of hydrogen-bond acceptors (Lipinski definition) is 3. The number of nitrogen functional groups attached to an aromatic ring is 1. The topological polar surface area (TPSA) is 63.3 Å². The third-order valence-electron chi connectivity index (χ3n) is 2.41. The lowest BCUT2D eigenvalue weighted by molar-refractivity contribution is 0.0693. The van der Waals surface area contributed by atoms with Crippen molar-refractivity contribution in [1.29, 1.82) is 0 Å². The first-order chi connectivity index (χ1) is 9.38. The smallest absolute Gasteiger partial charge is 0.336 e. The van der Waals surface area contributed by atoms with E-state index in [1.165, 1.54) is 23.9 Å². The zero-order valence-corrected chi connectivity index (χ0v) is 12.9. The Hall–Kier alpha value is -1.07. The minimum Gasteiger partial charge on any atom is -0.478 e. The van der Waals surface area contributed by atoms with Crippen molar-refractivity contribution >= 4 is 58.2 Å². The molecule has 0 atom stereocenters. The molecule has 0 aliphatic carbocycles. The van der Waals surface area contributed by atoms with Crippen LogP contribution in [0.25, 0.3) is 0 Å². The Morgan fingerprint density at radius 3 is 2.35 bits per heavy atom. The van der Waals surface area contributed by atoms with E-state index < -0.39 is 5.97 Å². The van der Waals surface area contributed by atoms with Crippen LogP contribution in [0.5, 0.6) is 0 Å². The fourth-order valence-electron chi connectivity index (χ4n) is 1.54. The molecule has 0 radical (unpaired) electrons. The van der Waals surface area contributed by atoms with Crippen molar-refractivity contribution < 1.29 is 9.90 Å². The summed E-state index contributed by atoms with van der Waals surface area (Å²) in [6, 6.07) is 7.89. The lowest BCUT2D eigenvalue weighted by atomic mass is 10.2. The first-order valence-electron chi connectivity index (χ1n) is 5.33. The largest absolute Gasteiger partial charge is 0.478 e. The Morgan fingerprint density at radius 1 is 1.05 bits per heavy atom. The van der Waals surface area contributed by atoms with Crippen LogP contribution in [-0.2, 0) is 0 Å². The maximum absolute atomic E-state index is 11.3. The Labute approximate surface area is 134 Å². The molecule has 20 heavy (non-hydrogen) atoms. The third kappa shape index (κ3) is 3.33. The van der Waals surface area contributed by atoms with Gasteiger partial charge in [0.1, 0.15) is 0 Å². The molecule has 0 aliphatic rings. The van der Waals surface area contributed by atoms with E-state index in [0.29, 0.717) is 20.6 Å². The Morgan fingerprint density at radius 2 is 1.75 bits per heavy atom. The van der Waals surface area contributed by atoms with Crippen LogP contribution in [0.4, 0.5) is 5.69 Å². The number of rotatable bonds is 3. The van der Waals surface area contributed by atoms with Crippen molar-refractivity contribution in [2.24, 2.45) is 0 Å². The standard InChI is InChI=1S/C13H8Cl3NO2S/c14-9-2-1-7(5-10(9)15)20-12-8(13(18)19)3-6(17)4-11(12)16/h1-5H,17H2,(H,18,19). The summed E-state index contributed by atoms with van der Waals surface area (Å²) >= 11 is 19.0. The van der Waals surface area contributed by atoms with Crippen molar-refractivity contribution in [3.05, 3.63) is 51.0 Å². The summed E-state index contributed by atoms with van der Waals surface area (Å²) in [5.74, 6) is -1.10. The van der Waals surface area contributed by atoms with Crippen molar-refractivity contribution in [2.45, 2.75) is 9.79 Å². The van der Waals surface area contributed by atoms with Gasteiger partial charge in [0.15, 0.2) is 0 Å². The molecule has 0 saturated carbocycles. The van der Waals surface area contributed by atoms with Crippen LogP contribution in [0, 0.1) is 0 Å². The number of carbonyl (C=O) groups is 1. The van der Waals surface area contributed by atoms with Gasteiger partial charge in [0.25, 0.3) is 0 Å². The second-order valence-corrected chi connectivity index (χ2v) is 6.17. The van der Waals surface area contributed by atoms with Gasteiger partial charge in [-0.15, -0.1) is 0 Å². The van der Waals surface area contributed by atoms with Crippen LogP contribution in [0.2, 0.25) is 15.1 Å². The van der Waals surface area contributed by atoms with Crippen LogP contribution < -0.4 is 5.73 Å². The monoisotopic (exact) mass is 347 g/mol. The van der Waals surface area contributed by atoms with Crippen LogP contribution in [0.1, 0.15) is 10.4 Å². The quantitative estimate of drug-likeness (QED) is 0.759. The zero-order valence-electron chi connectivity index (χ0n) is 9.86. The third-order valence-corrected chi connectivity index (χ3v) is 4.69. The minimum absolute atomic E-state index is 0.0473. The van der Waals surface area contributed by atoms with Crippen molar-refractivity contribution in [2.75, 3.05) is 5.73 Å². The molecular weight excluding hydrogens is 341 g/mol. The molecule has 104 valence electrons. The lowest BCUT2D eigenvalue weighted by Crippen LogP contribution is -2.01. The van der Waals surface area contributed by atoms with Gasteiger partial charge >= 0.3 is 5.97 Å². The van der Waals surface area contributed by atoms with Gasteiger partial charge in [-0.05, 0) is 30.3 Å². The van der Waals surface area contributed by atoms with Crippen molar-refractivity contribution in [1.82, 2.24) is 0 Å². The van der Waals surface area contributed by atoms with Crippen molar-refractivity contribution in [3.8, 4) is 0 Å². The Bertz CT molecular complexity index is 692. The molecule has 0 bridgehead atoms. The summed E-state index contributed by atoms with van der Waals surface area (Å²) in [7, 11) is 0. The van der Waals surface area contributed by atoms with E-state index in [1.54, 1.807) is 18.2 Å². The summed E-state index contributed by atoms with van der Waals surface area (Å²) < 4.78 is 0. The number of carboxylic acid groups (broad SMARTS) is 1. The van der Waals surface area contributed by atoms with E-state index in [0.717, 1.165) is 4.90 Å². The molecule has 2 aromatic carbocycles. The number of anilines is 1. The number of aromatic carboxylic acids is 1. The number of halogens is 3. The van der Waals surface area contributed by atoms with Gasteiger partial charge in [-0.2, -0.15) is 0 Å². The molecule has 2 aromatic rings. The number of carboxylic acids is 1. The second-order valence-electron chi connectivity index (χ2n) is 3.86. The van der Waals surface area contributed by atoms with Gasteiger partial charge in [0.05, 0.1) is 20.6 Å². The predicted molar refractivity (Wildman–Crippen MR) is 83.4 cm³/mol. The highest BCUT2D eigenvalue weighted by atomic mass is 35.5. The summed E-state index contributed by atoms with van der Waals surface area (Å²) in [6.07, 6.45) is 0. The first-order valence-corrected chi connectivity index (χ1v) is 7.28. The maximum Gasteiger partial charge on any atom is 0.336 e. The molecule has 3 N–H and O–H groups in total. The Balaban J connectivity index is 2.47. The van der Waals surface area contributed by atoms with Gasteiger partial charge in [-0.1, -0.05) is 46.6 Å². The number of benzene rings is 2. The molecule has 3 nitrogen and oxygen atoms in total. The average molecular weight is 349 g/mol. The molecule has 7 heteroatoms. The SMILES string of the molecule is Nc1cc(Cl)c(Sc2ccc(Cl)c(Cl)c2)c(C(=O)O)c1. The molecule has 0 saturated heterocycles. The molecule has 0 heterocycles. The minimum atomic E-state index is -1.10. The van der Waals surface area contributed by atoms with Gasteiger partial charge in [0.2, 0.25) is 0 Å². The van der Waals surface area contributed by atoms with E-state index in [-0.39, 0.29) is 10.6 Å². The van der Waals surface area contributed by atoms with E-state index in [4.69, 9.17) is 40.5 Å². The normalized spacial score (nSPS) is 10.6. The van der Waals surface area contributed by atoms with Crippen LogP contribution >= 0.6 is 46.6 Å². The van der Waals surface area contributed by atoms with E-state index in [1.807, 2.05) is 0 Å². The van der Waals surface area contributed by atoms with Gasteiger partial charge in [-0.25, -0.2) is 4.79 Å². The van der Waals surface area contributed by atoms with E-state index in [9.17, 15) is 9.90 Å².